The Balaban J connectivity index is 1.57. The van der Waals surface area contributed by atoms with Crippen LogP contribution >= 0.6 is 0 Å². The number of hydrogen-bond donors (Lipinski definition) is 6. The van der Waals surface area contributed by atoms with E-state index in [1.807, 2.05) is 100 Å². The van der Waals surface area contributed by atoms with Crippen molar-refractivity contribution in [2.24, 2.45) is 11.8 Å². The van der Waals surface area contributed by atoms with E-state index >= 15 is 0 Å². The molecule has 0 bridgehead atoms. The summed E-state index contributed by atoms with van der Waals surface area (Å²) in [5.74, 6) is -1.60. The molecule has 0 fully saturated rings. The van der Waals surface area contributed by atoms with Gasteiger partial charge in [0.2, 0.25) is 17.7 Å². The second-order valence-corrected chi connectivity index (χ2v) is 14.4. The van der Waals surface area contributed by atoms with E-state index in [4.69, 9.17) is 4.74 Å². The fourth-order valence-corrected chi connectivity index (χ4v) is 6.37. The van der Waals surface area contributed by atoms with Crippen LogP contribution in [0.5, 0.6) is 0 Å². The highest BCUT2D eigenvalue weighted by atomic mass is 16.5. The molecule has 3 aromatic carbocycles. The second-order valence-electron chi connectivity index (χ2n) is 14.4. The lowest BCUT2D eigenvalue weighted by Crippen LogP contribution is -2.57. The van der Waals surface area contributed by atoms with Crippen molar-refractivity contribution >= 4 is 34.6 Å². The van der Waals surface area contributed by atoms with Crippen LogP contribution in [0.25, 0.3) is 10.8 Å². The molecular formula is C43H55N5O7. The smallest absolute Gasteiger partial charge is 0.408 e. The minimum atomic E-state index is -1.26. The standard InChI is InChI=1S/C43H55N5O7/c1-5-29(4)38(26-49)45-40(51)25-39(50)35(22-28(2)3)46-42(53)37(24-33-19-11-12-21-44-33)47-41(52)36(48-43(54)55-27-30-14-7-6-8-15-30)23-32-18-13-17-31-16-9-10-20-34(31)32/h6-21,28-29,35-39,49-50H,5,22-27H2,1-4H3,(H,45,51)(H,46,53)(H,47,52)(H,48,54)/t29-,35-,36-,37-,38+,39-/m0/s1. The van der Waals surface area contributed by atoms with Gasteiger partial charge in [0.1, 0.15) is 18.7 Å². The molecule has 4 amide bonds. The summed E-state index contributed by atoms with van der Waals surface area (Å²) in [5, 5.41) is 34.2. The number of nitrogens with one attached hydrogen (secondary N) is 4. The number of rotatable bonds is 20. The van der Waals surface area contributed by atoms with E-state index < -0.39 is 54.1 Å². The summed E-state index contributed by atoms with van der Waals surface area (Å²) >= 11 is 0. The maximum Gasteiger partial charge on any atom is 0.408 e. The molecule has 1 aromatic heterocycles. The zero-order chi connectivity index (χ0) is 39.7. The predicted molar refractivity (Wildman–Crippen MR) is 212 cm³/mol. The zero-order valence-electron chi connectivity index (χ0n) is 32.1. The van der Waals surface area contributed by atoms with Gasteiger partial charge in [-0.15, -0.1) is 0 Å². The topological polar surface area (TPSA) is 179 Å². The van der Waals surface area contributed by atoms with Crippen LogP contribution in [0.15, 0.2) is 97.2 Å². The number of ether oxygens (including phenoxy) is 1. The Bertz CT molecular complexity index is 1820. The molecule has 55 heavy (non-hydrogen) atoms. The first kappa shape index (κ1) is 42.4. The number of pyridine rings is 1. The molecule has 1 heterocycles. The lowest BCUT2D eigenvalue weighted by Gasteiger charge is -2.29. The van der Waals surface area contributed by atoms with Gasteiger partial charge in [0.15, 0.2) is 0 Å². The number of hydrogen-bond acceptors (Lipinski definition) is 8. The SMILES string of the molecule is CC[C@H](C)[C@@H](CO)NC(=O)C[C@H](O)[C@H](CC(C)C)NC(=O)[C@H](Cc1ccccn1)NC(=O)[C@H](Cc1cccc2ccccc12)NC(=O)OCc1ccccc1. The normalized spacial score (nSPS) is 14.5. The fraction of sp³-hybridized carbons (Fsp3) is 0.419. The third kappa shape index (κ3) is 13.5. The highest BCUT2D eigenvalue weighted by Crippen LogP contribution is 2.20. The van der Waals surface area contributed by atoms with Gasteiger partial charge < -0.3 is 36.2 Å². The molecule has 0 spiro atoms. The number of alkyl carbamates (subject to hydrolysis) is 1. The van der Waals surface area contributed by atoms with E-state index in [1.165, 1.54) is 0 Å². The summed E-state index contributed by atoms with van der Waals surface area (Å²) in [6.07, 6.45) is 0.428. The molecule has 6 atom stereocenters. The van der Waals surface area contributed by atoms with E-state index in [-0.39, 0.29) is 44.3 Å². The Hall–Kier alpha value is -5.33. The molecule has 6 N–H and O–H groups in total. The molecule has 0 saturated heterocycles. The summed E-state index contributed by atoms with van der Waals surface area (Å²) in [6.45, 7) is 7.51. The summed E-state index contributed by atoms with van der Waals surface area (Å²) in [7, 11) is 0. The second kappa shape index (κ2) is 21.5. The number of aliphatic hydroxyl groups excluding tert-OH is 2. The van der Waals surface area contributed by atoms with Gasteiger partial charge in [-0.2, -0.15) is 0 Å². The van der Waals surface area contributed by atoms with Crippen LogP contribution in [0.4, 0.5) is 4.79 Å². The predicted octanol–water partition coefficient (Wildman–Crippen LogP) is 4.60. The lowest BCUT2D eigenvalue weighted by molar-refractivity contribution is -0.131. The first-order valence-corrected chi connectivity index (χ1v) is 19.0. The van der Waals surface area contributed by atoms with E-state index in [1.54, 1.807) is 24.4 Å². The van der Waals surface area contributed by atoms with Crippen molar-refractivity contribution in [1.29, 1.82) is 0 Å². The van der Waals surface area contributed by atoms with Gasteiger partial charge in [0.05, 0.1) is 31.2 Å². The highest BCUT2D eigenvalue weighted by molar-refractivity contribution is 5.93. The summed E-state index contributed by atoms with van der Waals surface area (Å²) in [6, 6.07) is 24.3. The van der Waals surface area contributed by atoms with Crippen LogP contribution in [0, 0.1) is 11.8 Å². The monoisotopic (exact) mass is 753 g/mol. The molecule has 294 valence electrons. The number of carbonyl (C=O) groups excluding carboxylic acids is 4. The van der Waals surface area contributed by atoms with Gasteiger partial charge in [-0.25, -0.2) is 4.79 Å². The minimum absolute atomic E-state index is 0.00410. The van der Waals surface area contributed by atoms with Gasteiger partial charge >= 0.3 is 6.09 Å². The molecule has 12 nitrogen and oxygen atoms in total. The van der Waals surface area contributed by atoms with Gasteiger partial charge in [0.25, 0.3) is 0 Å². The van der Waals surface area contributed by atoms with Crippen LogP contribution in [-0.4, -0.2) is 75.9 Å². The van der Waals surface area contributed by atoms with E-state index in [0.717, 1.165) is 28.3 Å². The Morgan fingerprint density at radius 3 is 2.11 bits per heavy atom. The quantitative estimate of drug-likeness (QED) is 0.0758. The Labute approximate surface area is 323 Å². The number of nitrogens with zero attached hydrogens (tertiary/aromatic N) is 1. The maximum atomic E-state index is 14.2. The van der Waals surface area contributed by atoms with E-state index in [2.05, 4.69) is 26.3 Å². The summed E-state index contributed by atoms with van der Waals surface area (Å²) in [4.78, 5) is 58.9. The number of aromatic nitrogens is 1. The van der Waals surface area contributed by atoms with Gasteiger partial charge in [0, 0.05) is 24.7 Å². The van der Waals surface area contributed by atoms with E-state index in [0.29, 0.717) is 12.1 Å². The molecule has 4 aromatic rings. The Morgan fingerprint density at radius 2 is 1.42 bits per heavy atom. The van der Waals surface area contributed by atoms with Gasteiger partial charge in [-0.1, -0.05) is 113 Å². The molecule has 12 heteroatoms. The lowest BCUT2D eigenvalue weighted by atomic mass is 9.95. The zero-order valence-corrected chi connectivity index (χ0v) is 32.1. The Kier molecular flexibility index (Phi) is 16.6. The van der Waals surface area contributed by atoms with Crippen molar-refractivity contribution in [3.8, 4) is 0 Å². The average Bonchev–Trinajstić information content (AvgIpc) is 3.18. The molecule has 0 aliphatic rings. The van der Waals surface area contributed by atoms with Crippen LogP contribution in [0.2, 0.25) is 0 Å². The molecule has 0 radical (unpaired) electrons. The van der Waals surface area contributed by atoms with E-state index in [9.17, 15) is 29.4 Å². The first-order chi connectivity index (χ1) is 26.5. The number of benzene rings is 3. The maximum absolute atomic E-state index is 14.2. The number of fused-ring (bicyclic) bond motifs is 1. The highest BCUT2D eigenvalue weighted by Gasteiger charge is 2.32. The average molecular weight is 754 g/mol. The largest absolute Gasteiger partial charge is 0.445 e. The van der Waals surface area contributed by atoms with Crippen LogP contribution < -0.4 is 21.3 Å². The van der Waals surface area contributed by atoms with Crippen LogP contribution in [0.3, 0.4) is 0 Å². The number of amides is 4. The molecular weight excluding hydrogens is 699 g/mol. The van der Waals surface area contributed by atoms with Gasteiger partial charge in [-0.3, -0.25) is 19.4 Å². The van der Waals surface area contributed by atoms with Crippen molar-refractivity contribution in [2.75, 3.05) is 6.61 Å². The first-order valence-electron chi connectivity index (χ1n) is 19.0. The van der Waals surface area contributed by atoms with Crippen molar-refractivity contribution in [2.45, 2.75) is 96.7 Å². The molecule has 0 unspecified atom stereocenters. The molecule has 4 rings (SSSR count). The van der Waals surface area contributed by atoms with Crippen molar-refractivity contribution in [1.82, 2.24) is 26.3 Å². The van der Waals surface area contributed by atoms with Crippen molar-refractivity contribution in [3.05, 3.63) is 114 Å². The van der Waals surface area contributed by atoms with Crippen molar-refractivity contribution < 1.29 is 34.1 Å². The number of carbonyl (C=O) groups is 4. The van der Waals surface area contributed by atoms with Crippen LogP contribution in [0.1, 0.15) is 63.8 Å². The Morgan fingerprint density at radius 1 is 0.745 bits per heavy atom. The molecule has 0 aliphatic carbocycles. The number of aliphatic hydroxyl groups is 2. The molecule has 0 aliphatic heterocycles. The third-order valence-electron chi connectivity index (χ3n) is 9.68. The van der Waals surface area contributed by atoms with Gasteiger partial charge in [-0.05, 0) is 52.3 Å². The van der Waals surface area contributed by atoms with Crippen LogP contribution in [-0.2, 0) is 38.6 Å². The minimum Gasteiger partial charge on any atom is -0.445 e. The summed E-state index contributed by atoms with van der Waals surface area (Å²) in [5.41, 5.74) is 2.12. The fourth-order valence-electron chi connectivity index (χ4n) is 6.37. The summed E-state index contributed by atoms with van der Waals surface area (Å²) < 4.78 is 5.49. The van der Waals surface area contributed by atoms with Crippen molar-refractivity contribution in [3.63, 3.8) is 0 Å². The molecule has 0 saturated carbocycles. The third-order valence-corrected chi connectivity index (χ3v) is 9.68.